The summed E-state index contributed by atoms with van der Waals surface area (Å²) in [5.41, 5.74) is 0.506. The van der Waals surface area contributed by atoms with Gasteiger partial charge in [-0.05, 0) is 6.07 Å². The standard InChI is InChI=1S/C14H19N3O4/c1-21-12-10-15-4-2-11(12)14(20)17-8-6-16(7-9-17)5-3-13(18)19/h2,4,10H,3,5-9H2,1H3,(H,18,19). The molecule has 1 aliphatic rings. The molecule has 114 valence electrons. The SMILES string of the molecule is COc1cnccc1C(=O)N1CCN(CCC(=O)O)CC1. The summed E-state index contributed by atoms with van der Waals surface area (Å²) in [6.07, 6.45) is 3.22. The Morgan fingerprint density at radius 3 is 2.67 bits per heavy atom. The summed E-state index contributed by atoms with van der Waals surface area (Å²) in [4.78, 5) is 30.8. The van der Waals surface area contributed by atoms with Crippen LogP contribution in [0.5, 0.6) is 5.75 Å². The number of carboxylic acids is 1. The van der Waals surface area contributed by atoms with Crippen molar-refractivity contribution in [2.45, 2.75) is 6.42 Å². The molecule has 1 aromatic rings. The molecule has 0 saturated carbocycles. The van der Waals surface area contributed by atoms with E-state index >= 15 is 0 Å². The number of methoxy groups -OCH3 is 1. The highest BCUT2D eigenvalue weighted by Gasteiger charge is 2.24. The summed E-state index contributed by atoms with van der Waals surface area (Å²) in [5.74, 6) is -0.405. The lowest BCUT2D eigenvalue weighted by Crippen LogP contribution is -2.49. The van der Waals surface area contributed by atoms with Gasteiger partial charge < -0.3 is 14.7 Å². The molecule has 0 radical (unpaired) electrons. The summed E-state index contributed by atoms with van der Waals surface area (Å²) in [6, 6.07) is 1.65. The van der Waals surface area contributed by atoms with Crippen molar-refractivity contribution in [1.82, 2.24) is 14.8 Å². The Morgan fingerprint density at radius 2 is 2.05 bits per heavy atom. The van der Waals surface area contributed by atoms with Crippen LogP contribution in [0.15, 0.2) is 18.5 Å². The van der Waals surface area contributed by atoms with E-state index in [0.717, 1.165) is 0 Å². The molecule has 1 aromatic heterocycles. The average Bonchev–Trinajstić information content (AvgIpc) is 2.52. The van der Waals surface area contributed by atoms with Gasteiger partial charge in [-0.15, -0.1) is 0 Å². The minimum Gasteiger partial charge on any atom is -0.494 e. The molecule has 0 atom stereocenters. The second-order valence-electron chi connectivity index (χ2n) is 4.85. The normalized spacial score (nSPS) is 15.8. The van der Waals surface area contributed by atoms with E-state index in [0.29, 0.717) is 44.0 Å². The number of carbonyl (C=O) groups is 2. The third-order valence-corrected chi connectivity index (χ3v) is 3.54. The van der Waals surface area contributed by atoms with Gasteiger partial charge in [0.15, 0.2) is 0 Å². The molecule has 21 heavy (non-hydrogen) atoms. The zero-order valence-corrected chi connectivity index (χ0v) is 12.0. The van der Waals surface area contributed by atoms with E-state index in [-0.39, 0.29) is 12.3 Å². The fraction of sp³-hybridized carbons (Fsp3) is 0.500. The van der Waals surface area contributed by atoms with E-state index in [9.17, 15) is 9.59 Å². The molecule has 0 spiro atoms. The Morgan fingerprint density at radius 1 is 1.33 bits per heavy atom. The molecule has 7 heteroatoms. The first-order valence-electron chi connectivity index (χ1n) is 6.83. The number of hydrogen-bond donors (Lipinski definition) is 1. The predicted molar refractivity (Wildman–Crippen MR) is 75.4 cm³/mol. The monoisotopic (exact) mass is 293 g/mol. The molecule has 0 bridgehead atoms. The number of rotatable bonds is 5. The first kappa shape index (κ1) is 15.2. The summed E-state index contributed by atoms with van der Waals surface area (Å²) in [5, 5.41) is 8.68. The zero-order chi connectivity index (χ0) is 15.2. The molecular formula is C14H19N3O4. The highest BCUT2D eigenvalue weighted by atomic mass is 16.5. The summed E-state index contributed by atoms with van der Waals surface area (Å²) < 4.78 is 5.16. The van der Waals surface area contributed by atoms with E-state index < -0.39 is 5.97 Å². The van der Waals surface area contributed by atoms with Gasteiger partial charge in [0.2, 0.25) is 0 Å². The van der Waals surface area contributed by atoms with Gasteiger partial charge in [-0.3, -0.25) is 19.5 Å². The number of aliphatic carboxylic acids is 1. The molecule has 2 rings (SSSR count). The number of ether oxygens (including phenoxy) is 1. The molecule has 0 aliphatic carbocycles. The van der Waals surface area contributed by atoms with E-state index in [2.05, 4.69) is 9.88 Å². The molecule has 0 unspecified atom stereocenters. The van der Waals surface area contributed by atoms with Gasteiger partial charge in [-0.2, -0.15) is 0 Å². The number of piperazine rings is 1. The lowest BCUT2D eigenvalue weighted by Gasteiger charge is -2.34. The van der Waals surface area contributed by atoms with Crippen LogP contribution in [-0.4, -0.2) is 71.6 Å². The van der Waals surface area contributed by atoms with Crippen LogP contribution in [0.1, 0.15) is 16.8 Å². The lowest BCUT2D eigenvalue weighted by molar-refractivity contribution is -0.137. The quantitative estimate of drug-likeness (QED) is 0.842. The highest BCUT2D eigenvalue weighted by molar-refractivity contribution is 5.96. The summed E-state index contributed by atoms with van der Waals surface area (Å²) >= 11 is 0. The second kappa shape index (κ2) is 7.03. The second-order valence-corrected chi connectivity index (χ2v) is 4.85. The molecule has 1 N–H and O–H groups in total. The van der Waals surface area contributed by atoms with Gasteiger partial charge in [0.05, 0.1) is 25.3 Å². The van der Waals surface area contributed by atoms with E-state index in [1.807, 2.05) is 0 Å². The Labute approximate surface area is 123 Å². The van der Waals surface area contributed by atoms with Gasteiger partial charge >= 0.3 is 5.97 Å². The maximum absolute atomic E-state index is 12.5. The Bertz CT molecular complexity index is 513. The zero-order valence-electron chi connectivity index (χ0n) is 12.0. The van der Waals surface area contributed by atoms with Gasteiger partial charge in [-0.25, -0.2) is 0 Å². The van der Waals surface area contributed by atoms with Crippen LogP contribution in [0.3, 0.4) is 0 Å². The number of amides is 1. The maximum Gasteiger partial charge on any atom is 0.304 e. The molecule has 1 fully saturated rings. The van der Waals surface area contributed by atoms with Crippen LogP contribution < -0.4 is 4.74 Å². The third kappa shape index (κ3) is 3.91. The van der Waals surface area contributed by atoms with Crippen LogP contribution in [0.25, 0.3) is 0 Å². The molecule has 0 aromatic carbocycles. The number of hydrogen-bond acceptors (Lipinski definition) is 5. The molecule has 7 nitrogen and oxygen atoms in total. The first-order chi connectivity index (χ1) is 10.1. The van der Waals surface area contributed by atoms with Crippen molar-refractivity contribution in [3.8, 4) is 5.75 Å². The van der Waals surface area contributed by atoms with Gasteiger partial charge in [0.1, 0.15) is 5.75 Å². The van der Waals surface area contributed by atoms with Crippen molar-refractivity contribution in [1.29, 1.82) is 0 Å². The van der Waals surface area contributed by atoms with E-state index in [1.165, 1.54) is 13.3 Å². The Hall–Kier alpha value is -2.15. The minimum absolute atomic E-state index is 0.0767. The van der Waals surface area contributed by atoms with Crippen LogP contribution in [-0.2, 0) is 4.79 Å². The fourth-order valence-corrected chi connectivity index (χ4v) is 2.32. The van der Waals surface area contributed by atoms with Crippen LogP contribution in [0, 0.1) is 0 Å². The van der Waals surface area contributed by atoms with Crippen molar-refractivity contribution in [2.24, 2.45) is 0 Å². The number of aromatic nitrogens is 1. The number of nitrogens with zero attached hydrogens (tertiary/aromatic N) is 3. The fourth-order valence-electron chi connectivity index (χ4n) is 2.32. The van der Waals surface area contributed by atoms with Gasteiger partial charge in [0.25, 0.3) is 5.91 Å². The first-order valence-corrected chi connectivity index (χ1v) is 6.83. The third-order valence-electron chi connectivity index (χ3n) is 3.54. The predicted octanol–water partition coefficient (Wildman–Crippen LogP) is 0.323. The van der Waals surface area contributed by atoms with Gasteiger partial charge in [0, 0.05) is 38.9 Å². The van der Waals surface area contributed by atoms with Crippen LogP contribution >= 0.6 is 0 Å². The van der Waals surface area contributed by atoms with E-state index in [1.54, 1.807) is 17.2 Å². The largest absolute Gasteiger partial charge is 0.494 e. The summed E-state index contributed by atoms with van der Waals surface area (Å²) in [6.45, 7) is 3.07. The topological polar surface area (TPSA) is 83.0 Å². The number of carboxylic acid groups (broad SMARTS) is 1. The Balaban J connectivity index is 1.92. The highest BCUT2D eigenvalue weighted by Crippen LogP contribution is 2.18. The molecule has 1 saturated heterocycles. The van der Waals surface area contributed by atoms with E-state index in [4.69, 9.17) is 9.84 Å². The van der Waals surface area contributed by atoms with Crippen molar-refractivity contribution >= 4 is 11.9 Å². The molecular weight excluding hydrogens is 274 g/mol. The lowest BCUT2D eigenvalue weighted by atomic mass is 10.2. The number of carbonyl (C=O) groups excluding carboxylic acids is 1. The van der Waals surface area contributed by atoms with Gasteiger partial charge in [-0.1, -0.05) is 0 Å². The van der Waals surface area contributed by atoms with Crippen molar-refractivity contribution < 1.29 is 19.4 Å². The molecule has 2 heterocycles. The smallest absolute Gasteiger partial charge is 0.304 e. The van der Waals surface area contributed by atoms with Crippen molar-refractivity contribution in [2.75, 3.05) is 39.8 Å². The minimum atomic E-state index is -0.796. The molecule has 1 aliphatic heterocycles. The van der Waals surface area contributed by atoms with Crippen LogP contribution in [0.4, 0.5) is 0 Å². The van der Waals surface area contributed by atoms with Crippen molar-refractivity contribution in [3.05, 3.63) is 24.0 Å². The molecule has 1 amide bonds. The van der Waals surface area contributed by atoms with Crippen molar-refractivity contribution in [3.63, 3.8) is 0 Å². The maximum atomic E-state index is 12.5. The Kier molecular flexibility index (Phi) is 5.10. The van der Waals surface area contributed by atoms with Crippen LogP contribution in [0.2, 0.25) is 0 Å². The number of pyridine rings is 1. The summed E-state index contributed by atoms with van der Waals surface area (Å²) in [7, 11) is 1.51. The average molecular weight is 293 g/mol.